The molecule has 6 N–H and O–H groups in total. The molecule has 0 bridgehead atoms. The van der Waals surface area contributed by atoms with Gasteiger partial charge in [0.1, 0.15) is 24.4 Å². The molecule has 1 heterocycles. The Hall–Kier alpha value is -2.38. The number of carbonyl (C=O) groups excluding carboxylic acids is 2. The molecule has 1 fully saturated rings. The number of aliphatic hydroxyl groups is 5. The first-order chi connectivity index (χ1) is 38.7. The monoisotopic (exact) mass is 1120 g/mol. The lowest BCUT2D eigenvalue weighted by atomic mass is 9.99. The lowest BCUT2D eigenvalue weighted by molar-refractivity contribution is -0.305. The Kier molecular flexibility index (Phi) is 53.0. The van der Waals surface area contributed by atoms with Crippen LogP contribution in [0.15, 0.2) is 48.6 Å². The van der Waals surface area contributed by atoms with Crippen molar-refractivity contribution >= 4 is 11.9 Å². The Morgan fingerprint density at radius 2 is 0.873 bits per heavy atom. The third-order valence-corrected chi connectivity index (χ3v) is 15.7. The van der Waals surface area contributed by atoms with Gasteiger partial charge in [-0.05, 0) is 83.5 Å². The predicted octanol–water partition coefficient (Wildman–Crippen LogP) is 16.4. The second-order valence-electron chi connectivity index (χ2n) is 23.2. The van der Waals surface area contributed by atoms with Gasteiger partial charge in [-0.3, -0.25) is 9.59 Å². The summed E-state index contributed by atoms with van der Waals surface area (Å²) in [5, 5.41) is 57.1. The van der Waals surface area contributed by atoms with Crippen LogP contribution in [-0.2, 0) is 23.8 Å². The first-order valence-electron chi connectivity index (χ1n) is 33.4. The minimum atomic E-state index is -1.61. The van der Waals surface area contributed by atoms with Crippen LogP contribution < -0.4 is 5.32 Å². The van der Waals surface area contributed by atoms with E-state index in [4.69, 9.17) is 14.2 Å². The maximum atomic E-state index is 13.4. The van der Waals surface area contributed by atoms with E-state index in [1.54, 1.807) is 6.08 Å². The molecule has 8 atom stereocenters. The molecule has 1 amide bonds. The summed E-state index contributed by atoms with van der Waals surface area (Å²) >= 11 is 0. The van der Waals surface area contributed by atoms with E-state index >= 15 is 0 Å². The van der Waals surface area contributed by atoms with Crippen LogP contribution >= 0.6 is 0 Å². The number of ether oxygens (including phenoxy) is 3. The van der Waals surface area contributed by atoms with E-state index < -0.39 is 67.4 Å². The fraction of sp³-hybridized carbons (Fsp3) is 0.853. The van der Waals surface area contributed by atoms with E-state index in [2.05, 4.69) is 62.5 Å². The van der Waals surface area contributed by atoms with Crippen molar-refractivity contribution in [3.8, 4) is 0 Å². The highest BCUT2D eigenvalue weighted by Crippen LogP contribution is 2.26. The highest BCUT2D eigenvalue weighted by atomic mass is 16.7. The van der Waals surface area contributed by atoms with Gasteiger partial charge in [-0.1, -0.05) is 268 Å². The molecule has 79 heavy (non-hydrogen) atoms. The van der Waals surface area contributed by atoms with Gasteiger partial charge in [0, 0.05) is 6.42 Å². The molecular formula is C68H125NO10. The van der Waals surface area contributed by atoms with Crippen LogP contribution in [0.1, 0.15) is 310 Å². The van der Waals surface area contributed by atoms with E-state index in [-0.39, 0.29) is 19.4 Å². The summed E-state index contributed by atoms with van der Waals surface area (Å²) in [5.41, 5.74) is 0. The van der Waals surface area contributed by atoms with Crippen molar-refractivity contribution in [1.29, 1.82) is 0 Å². The van der Waals surface area contributed by atoms with E-state index in [0.717, 1.165) is 70.6 Å². The third kappa shape index (κ3) is 43.9. The van der Waals surface area contributed by atoms with Gasteiger partial charge in [-0.2, -0.15) is 0 Å². The van der Waals surface area contributed by atoms with Crippen LogP contribution in [0, 0.1) is 0 Å². The van der Waals surface area contributed by atoms with Crippen LogP contribution in [-0.4, -0.2) is 99.6 Å². The van der Waals surface area contributed by atoms with Gasteiger partial charge in [0.15, 0.2) is 12.4 Å². The molecule has 1 rings (SSSR count). The van der Waals surface area contributed by atoms with E-state index in [1.807, 2.05) is 6.08 Å². The number of unbranched alkanes of at least 4 members (excludes halogenated alkanes) is 37. The average molecular weight is 1120 g/mol. The molecule has 8 unspecified atom stereocenters. The molecule has 0 saturated carbocycles. The Balaban J connectivity index is 2.61. The van der Waals surface area contributed by atoms with Crippen LogP contribution in [0.2, 0.25) is 0 Å². The molecule has 0 aromatic heterocycles. The second kappa shape index (κ2) is 56.1. The second-order valence-corrected chi connectivity index (χ2v) is 23.2. The first-order valence-corrected chi connectivity index (χ1v) is 33.4. The lowest BCUT2D eigenvalue weighted by Gasteiger charge is -2.41. The summed E-state index contributed by atoms with van der Waals surface area (Å²) in [4.78, 5) is 26.6. The zero-order chi connectivity index (χ0) is 57.5. The topological polar surface area (TPSA) is 175 Å². The maximum absolute atomic E-state index is 13.4. The molecule has 0 aliphatic carbocycles. The minimum Gasteiger partial charge on any atom is -0.454 e. The van der Waals surface area contributed by atoms with Gasteiger partial charge < -0.3 is 45.1 Å². The predicted molar refractivity (Wildman–Crippen MR) is 329 cm³/mol. The molecule has 11 nitrogen and oxygen atoms in total. The minimum absolute atomic E-state index is 0.122. The summed E-state index contributed by atoms with van der Waals surface area (Å²) in [6, 6.07) is -1.02. The lowest BCUT2D eigenvalue weighted by Crippen LogP contribution is -2.61. The van der Waals surface area contributed by atoms with Gasteiger partial charge in [-0.25, -0.2) is 0 Å². The molecule has 462 valence electrons. The number of rotatable bonds is 57. The van der Waals surface area contributed by atoms with E-state index in [0.29, 0.717) is 12.8 Å². The van der Waals surface area contributed by atoms with Crippen molar-refractivity contribution in [1.82, 2.24) is 5.32 Å². The Labute approximate surface area is 485 Å². The van der Waals surface area contributed by atoms with Crippen molar-refractivity contribution in [2.45, 2.75) is 359 Å². The molecule has 1 aliphatic rings. The molecule has 1 aliphatic heterocycles. The van der Waals surface area contributed by atoms with E-state index in [1.165, 1.54) is 193 Å². The fourth-order valence-corrected chi connectivity index (χ4v) is 10.4. The number of hydrogen-bond acceptors (Lipinski definition) is 10. The van der Waals surface area contributed by atoms with Crippen molar-refractivity contribution in [2.75, 3.05) is 13.2 Å². The summed E-state index contributed by atoms with van der Waals surface area (Å²) in [7, 11) is 0. The SMILES string of the molecule is CCCCC/C=C\C/C=C\CCCCCCCCCCCCC(O)C(=O)NC(COC1OC(CO)C(O)C(O)C1OC(=O)CCCCCCCCCCC/C=C/CCCCCCCC)C(O)/C=C/CCCCCCCCCCC. The number of esters is 1. The molecule has 1 saturated heterocycles. The molecule has 0 aromatic rings. The van der Waals surface area contributed by atoms with Crippen molar-refractivity contribution in [3.05, 3.63) is 48.6 Å². The quantitative estimate of drug-likeness (QED) is 0.0195. The van der Waals surface area contributed by atoms with Gasteiger partial charge >= 0.3 is 5.97 Å². The van der Waals surface area contributed by atoms with Crippen molar-refractivity contribution < 1.29 is 49.3 Å². The standard InChI is InChI=1S/C68H125NO10/c1-4-7-10-13-16-19-22-24-26-28-30-32-33-35-37-40-43-46-49-52-55-61(72)67(76)69-59(60(71)54-51-48-45-42-39-21-18-15-12-9-6-3)58-77-68-66(65(75)64(74)62(57-70)78-68)79-63(73)56-53-50-47-44-41-38-36-34-31-29-27-25-23-20-17-14-11-8-5-2/h16,19,24-27,51,54,59-62,64-66,68,70-72,74-75H,4-15,17-18,20-23,28-50,52-53,55-58H2,1-3H3,(H,69,76)/b19-16-,26-24-,27-25+,54-51+. The Bertz CT molecular complexity index is 1470. The molecule has 0 aromatic carbocycles. The smallest absolute Gasteiger partial charge is 0.306 e. The zero-order valence-corrected chi connectivity index (χ0v) is 51.2. The summed E-state index contributed by atoms with van der Waals surface area (Å²) in [6.07, 6.45) is 58.6. The van der Waals surface area contributed by atoms with Crippen molar-refractivity contribution in [3.63, 3.8) is 0 Å². The average Bonchev–Trinajstić information content (AvgIpc) is 3.45. The van der Waals surface area contributed by atoms with Gasteiger partial charge in [0.05, 0.1) is 25.4 Å². The highest BCUT2D eigenvalue weighted by molar-refractivity contribution is 5.80. The highest BCUT2D eigenvalue weighted by Gasteiger charge is 2.47. The van der Waals surface area contributed by atoms with Crippen LogP contribution in [0.5, 0.6) is 0 Å². The molecule has 0 spiro atoms. The molecular weight excluding hydrogens is 991 g/mol. The number of amides is 1. The van der Waals surface area contributed by atoms with Crippen LogP contribution in [0.3, 0.4) is 0 Å². The maximum Gasteiger partial charge on any atom is 0.306 e. The van der Waals surface area contributed by atoms with Gasteiger partial charge in [0.25, 0.3) is 0 Å². The summed E-state index contributed by atoms with van der Waals surface area (Å²) in [6.45, 7) is 5.78. The van der Waals surface area contributed by atoms with E-state index in [9.17, 15) is 35.1 Å². The van der Waals surface area contributed by atoms with Crippen molar-refractivity contribution in [2.24, 2.45) is 0 Å². The summed E-state index contributed by atoms with van der Waals surface area (Å²) < 4.78 is 17.7. The van der Waals surface area contributed by atoms with Crippen LogP contribution in [0.4, 0.5) is 0 Å². The third-order valence-electron chi connectivity index (χ3n) is 15.7. The fourth-order valence-electron chi connectivity index (χ4n) is 10.4. The molecule has 11 heteroatoms. The van der Waals surface area contributed by atoms with Crippen LogP contribution in [0.25, 0.3) is 0 Å². The Morgan fingerprint density at radius 3 is 1.33 bits per heavy atom. The first kappa shape index (κ1) is 74.6. The largest absolute Gasteiger partial charge is 0.454 e. The number of carbonyl (C=O) groups is 2. The summed E-state index contributed by atoms with van der Waals surface area (Å²) in [5.74, 6) is -1.19. The number of hydrogen-bond donors (Lipinski definition) is 6. The zero-order valence-electron chi connectivity index (χ0n) is 51.2. The number of nitrogens with one attached hydrogen (secondary N) is 1. The number of aliphatic hydroxyl groups excluding tert-OH is 5. The number of allylic oxidation sites excluding steroid dienone is 7. The van der Waals surface area contributed by atoms with Gasteiger partial charge in [-0.15, -0.1) is 0 Å². The Morgan fingerprint density at radius 1 is 0.494 bits per heavy atom. The normalized spacial score (nSPS) is 19.1. The van der Waals surface area contributed by atoms with Gasteiger partial charge in [0.2, 0.25) is 5.91 Å². The molecule has 0 radical (unpaired) electrons.